The summed E-state index contributed by atoms with van der Waals surface area (Å²) in [4.78, 5) is 0. The summed E-state index contributed by atoms with van der Waals surface area (Å²) in [6.45, 7) is 7.16. The molecule has 1 heteroatoms. The van der Waals surface area contributed by atoms with Crippen LogP contribution in [0.3, 0.4) is 0 Å². The Kier molecular flexibility index (Phi) is 6.25. The standard InChI is InChI=1S/C7H14.C6H13N/c1-7-5-3-2-4-6-7;1-6-2-4-7-5-3-6/h7H,2-6H2,1H3;6-7H,2-5H2,1H3. The number of rotatable bonds is 0. The molecule has 0 aromatic rings. The smallest absolute Gasteiger partial charge is 0.00464 e. The second-order valence-corrected chi connectivity index (χ2v) is 5.18. The van der Waals surface area contributed by atoms with E-state index in [9.17, 15) is 0 Å². The number of hydrogen-bond donors (Lipinski definition) is 1. The second kappa shape index (κ2) is 7.28. The zero-order chi connectivity index (χ0) is 10.2. The molecule has 1 aliphatic heterocycles. The van der Waals surface area contributed by atoms with Crippen molar-refractivity contribution < 1.29 is 0 Å². The lowest BCUT2D eigenvalue weighted by atomic mass is 9.91. The van der Waals surface area contributed by atoms with Gasteiger partial charge in [-0.1, -0.05) is 46.0 Å². The van der Waals surface area contributed by atoms with E-state index in [1.165, 1.54) is 58.0 Å². The van der Waals surface area contributed by atoms with Crippen LogP contribution in [0.15, 0.2) is 0 Å². The third kappa shape index (κ3) is 5.64. The van der Waals surface area contributed by atoms with Crippen LogP contribution in [0.1, 0.15) is 58.8 Å². The van der Waals surface area contributed by atoms with Crippen LogP contribution in [0.5, 0.6) is 0 Å². The molecule has 0 radical (unpaired) electrons. The first-order valence-electron chi connectivity index (χ1n) is 6.49. The molecule has 0 bridgehead atoms. The molecule has 1 heterocycles. The van der Waals surface area contributed by atoms with E-state index in [2.05, 4.69) is 19.2 Å². The maximum atomic E-state index is 3.32. The SMILES string of the molecule is CC1CCCCC1.CC1CCNCC1. The van der Waals surface area contributed by atoms with Gasteiger partial charge in [-0.3, -0.25) is 0 Å². The van der Waals surface area contributed by atoms with E-state index in [1.807, 2.05) is 0 Å². The van der Waals surface area contributed by atoms with Gasteiger partial charge in [0.1, 0.15) is 0 Å². The fraction of sp³-hybridized carbons (Fsp3) is 1.00. The predicted molar refractivity (Wildman–Crippen MR) is 63.5 cm³/mol. The van der Waals surface area contributed by atoms with Crippen LogP contribution in [-0.2, 0) is 0 Å². The summed E-state index contributed by atoms with van der Waals surface area (Å²) < 4.78 is 0. The topological polar surface area (TPSA) is 12.0 Å². The highest BCUT2D eigenvalue weighted by atomic mass is 14.9. The molecule has 2 aliphatic rings. The minimum Gasteiger partial charge on any atom is -0.317 e. The Morgan fingerprint density at radius 3 is 1.50 bits per heavy atom. The van der Waals surface area contributed by atoms with Crippen LogP contribution in [0.25, 0.3) is 0 Å². The molecule has 1 saturated heterocycles. The normalized spacial score (nSPS) is 25.3. The van der Waals surface area contributed by atoms with Gasteiger partial charge in [-0.05, 0) is 37.8 Å². The van der Waals surface area contributed by atoms with E-state index in [0.717, 1.165) is 11.8 Å². The summed E-state index contributed by atoms with van der Waals surface area (Å²) in [5.41, 5.74) is 0. The average Bonchev–Trinajstić information content (AvgIpc) is 2.21. The van der Waals surface area contributed by atoms with E-state index in [-0.39, 0.29) is 0 Å². The van der Waals surface area contributed by atoms with E-state index in [4.69, 9.17) is 0 Å². The predicted octanol–water partition coefficient (Wildman–Crippen LogP) is 3.59. The van der Waals surface area contributed by atoms with Gasteiger partial charge in [-0.15, -0.1) is 0 Å². The van der Waals surface area contributed by atoms with Gasteiger partial charge in [0.15, 0.2) is 0 Å². The third-order valence-corrected chi connectivity index (χ3v) is 3.52. The van der Waals surface area contributed by atoms with Gasteiger partial charge in [-0.25, -0.2) is 0 Å². The molecule has 0 aromatic heterocycles. The van der Waals surface area contributed by atoms with Crippen LogP contribution in [0.2, 0.25) is 0 Å². The Labute approximate surface area is 89.7 Å². The molecule has 2 fully saturated rings. The number of nitrogens with one attached hydrogen (secondary N) is 1. The van der Waals surface area contributed by atoms with Gasteiger partial charge >= 0.3 is 0 Å². The fourth-order valence-corrected chi connectivity index (χ4v) is 2.27. The summed E-state index contributed by atoms with van der Waals surface area (Å²) in [5, 5.41) is 3.32. The average molecular weight is 197 g/mol. The quantitative estimate of drug-likeness (QED) is 0.626. The summed E-state index contributed by atoms with van der Waals surface area (Å²) in [6, 6.07) is 0. The maximum absolute atomic E-state index is 3.32. The Morgan fingerprint density at radius 1 is 0.714 bits per heavy atom. The zero-order valence-corrected chi connectivity index (χ0v) is 10.0. The number of piperidine rings is 1. The van der Waals surface area contributed by atoms with Crippen molar-refractivity contribution in [1.29, 1.82) is 0 Å². The summed E-state index contributed by atoms with van der Waals surface area (Å²) >= 11 is 0. The molecular weight excluding hydrogens is 170 g/mol. The van der Waals surface area contributed by atoms with Crippen molar-refractivity contribution in [3.05, 3.63) is 0 Å². The van der Waals surface area contributed by atoms with Crippen LogP contribution < -0.4 is 5.32 Å². The highest BCUT2D eigenvalue weighted by Gasteiger charge is 2.06. The molecule has 14 heavy (non-hydrogen) atoms. The van der Waals surface area contributed by atoms with Crippen LogP contribution in [0.4, 0.5) is 0 Å². The van der Waals surface area contributed by atoms with Crippen molar-refractivity contribution in [3.63, 3.8) is 0 Å². The maximum Gasteiger partial charge on any atom is -0.00464 e. The minimum atomic E-state index is 0.973. The van der Waals surface area contributed by atoms with Crippen molar-refractivity contribution in [3.8, 4) is 0 Å². The zero-order valence-electron chi connectivity index (χ0n) is 10.0. The minimum absolute atomic E-state index is 0.973. The van der Waals surface area contributed by atoms with E-state index in [0.29, 0.717) is 0 Å². The lowest BCUT2D eigenvalue weighted by molar-refractivity contribution is 0.385. The molecule has 1 aliphatic carbocycles. The van der Waals surface area contributed by atoms with Crippen molar-refractivity contribution in [1.82, 2.24) is 5.32 Å². The largest absolute Gasteiger partial charge is 0.317 e. The molecule has 0 aromatic carbocycles. The van der Waals surface area contributed by atoms with Crippen LogP contribution in [0, 0.1) is 11.8 Å². The Morgan fingerprint density at radius 2 is 1.21 bits per heavy atom. The molecule has 84 valence electrons. The van der Waals surface area contributed by atoms with E-state index < -0.39 is 0 Å². The summed E-state index contributed by atoms with van der Waals surface area (Å²) in [6.07, 6.45) is 10.2. The first-order chi connectivity index (χ1) is 6.79. The van der Waals surface area contributed by atoms with Gasteiger partial charge in [0.05, 0.1) is 0 Å². The van der Waals surface area contributed by atoms with Gasteiger partial charge in [0, 0.05) is 0 Å². The molecular formula is C13H27N. The van der Waals surface area contributed by atoms with Crippen molar-refractivity contribution in [2.75, 3.05) is 13.1 Å². The highest BCUT2D eigenvalue weighted by Crippen LogP contribution is 2.22. The third-order valence-electron chi connectivity index (χ3n) is 3.52. The first-order valence-corrected chi connectivity index (χ1v) is 6.49. The van der Waals surface area contributed by atoms with Gasteiger partial charge in [0.2, 0.25) is 0 Å². The van der Waals surface area contributed by atoms with Gasteiger partial charge in [-0.2, -0.15) is 0 Å². The van der Waals surface area contributed by atoms with Gasteiger partial charge in [0.25, 0.3) is 0 Å². The van der Waals surface area contributed by atoms with Crippen molar-refractivity contribution in [2.24, 2.45) is 11.8 Å². The van der Waals surface area contributed by atoms with Crippen LogP contribution in [-0.4, -0.2) is 13.1 Å². The molecule has 0 amide bonds. The molecule has 1 saturated carbocycles. The highest BCUT2D eigenvalue weighted by molar-refractivity contribution is 4.63. The van der Waals surface area contributed by atoms with E-state index in [1.54, 1.807) is 0 Å². The Bertz CT molecular complexity index is 105. The number of hydrogen-bond acceptors (Lipinski definition) is 1. The summed E-state index contributed by atoms with van der Waals surface area (Å²) in [7, 11) is 0. The molecule has 0 spiro atoms. The van der Waals surface area contributed by atoms with Crippen LogP contribution >= 0.6 is 0 Å². The lowest BCUT2D eigenvalue weighted by Crippen LogP contribution is -2.26. The second-order valence-electron chi connectivity index (χ2n) is 5.18. The Balaban J connectivity index is 0.000000140. The van der Waals surface area contributed by atoms with Crippen molar-refractivity contribution >= 4 is 0 Å². The molecule has 0 unspecified atom stereocenters. The van der Waals surface area contributed by atoms with Crippen molar-refractivity contribution in [2.45, 2.75) is 58.8 Å². The van der Waals surface area contributed by atoms with Gasteiger partial charge < -0.3 is 5.32 Å². The Hall–Kier alpha value is -0.0400. The first kappa shape index (κ1) is 12.0. The fourth-order valence-electron chi connectivity index (χ4n) is 2.27. The monoisotopic (exact) mass is 197 g/mol. The molecule has 1 N–H and O–H groups in total. The summed E-state index contributed by atoms with van der Waals surface area (Å²) in [5.74, 6) is 2.01. The molecule has 2 rings (SSSR count). The molecule has 0 atom stereocenters. The lowest BCUT2D eigenvalue weighted by Gasteiger charge is -2.17. The van der Waals surface area contributed by atoms with E-state index >= 15 is 0 Å². The molecule has 1 nitrogen and oxygen atoms in total.